The van der Waals surface area contributed by atoms with E-state index in [0.29, 0.717) is 15.8 Å². The molecule has 1 aromatic rings. The van der Waals surface area contributed by atoms with Gasteiger partial charge in [-0.05, 0) is 19.1 Å². The van der Waals surface area contributed by atoms with Gasteiger partial charge in [0.15, 0.2) is 16.4 Å². The molecule has 138 valence electrons. The molecule has 10 heteroatoms. The highest BCUT2D eigenvalue weighted by Gasteiger charge is 2.28. The minimum atomic E-state index is -3.07. The van der Waals surface area contributed by atoms with E-state index in [9.17, 15) is 18.0 Å². The lowest BCUT2D eigenvalue weighted by atomic mass is 10.2. The number of nitrogens with one attached hydrogen (secondary N) is 1. The third-order valence-corrected chi connectivity index (χ3v) is 6.01. The molecular weight excluding hydrogens is 391 g/mol. The number of benzene rings is 1. The molecule has 7 nitrogen and oxygen atoms in total. The van der Waals surface area contributed by atoms with E-state index in [1.165, 1.54) is 11.0 Å². The number of rotatable bonds is 5. The molecule has 0 aromatic heterocycles. The number of carbonyl (C=O) groups is 2. The standard InChI is InChI=1S/C15H18Cl2N2O5S/c1-10(15(21)19-4-6-25(22,23)7-5-19)18-14(20)9-24-11-2-3-12(16)13(17)8-11/h2-3,8,10H,4-7,9H2,1H3,(H,18,20). The highest BCUT2D eigenvalue weighted by atomic mass is 35.5. The van der Waals surface area contributed by atoms with Gasteiger partial charge in [-0.15, -0.1) is 0 Å². The molecule has 2 amide bonds. The van der Waals surface area contributed by atoms with Crippen LogP contribution in [0.25, 0.3) is 0 Å². The Kier molecular flexibility index (Phi) is 6.53. The van der Waals surface area contributed by atoms with Crippen molar-refractivity contribution in [2.75, 3.05) is 31.2 Å². The second-order valence-corrected chi connectivity index (χ2v) is 8.75. The van der Waals surface area contributed by atoms with Crippen LogP contribution in [0.3, 0.4) is 0 Å². The Morgan fingerprint density at radius 1 is 1.24 bits per heavy atom. The molecule has 1 aliphatic rings. The topological polar surface area (TPSA) is 92.8 Å². The smallest absolute Gasteiger partial charge is 0.258 e. The van der Waals surface area contributed by atoms with E-state index in [0.717, 1.165) is 0 Å². The fourth-order valence-electron chi connectivity index (χ4n) is 2.27. The Balaban J connectivity index is 1.81. The van der Waals surface area contributed by atoms with E-state index in [4.69, 9.17) is 27.9 Å². The first kappa shape index (κ1) is 19.8. The lowest BCUT2D eigenvalue weighted by Gasteiger charge is -2.29. The van der Waals surface area contributed by atoms with Gasteiger partial charge in [-0.25, -0.2) is 8.42 Å². The molecule has 0 saturated carbocycles. The fraction of sp³-hybridized carbons (Fsp3) is 0.467. The van der Waals surface area contributed by atoms with Gasteiger partial charge in [0.05, 0.1) is 21.6 Å². The third kappa shape index (κ3) is 5.76. The first-order chi connectivity index (χ1) is 11.7. The van der Waals surface area contributed by atoms with Crippen molar-refractivity contribution >= 4 is 44.9 Å². The zero-order chi connectivity index (χ0) is 18.6. The molecule has 1 unspecified atom stereocenters. The van der Waals surface area contributed by atoms with Crippen molar-refractivity contribution in [1.82, 2.24) is 10.2 Å². The van der Waals surface area contributed by atoms with Gasteiger partial charge in [0, 0.05) is 19.2 Å². The maximum atomic E-state index is 12.2. The second kappa shape index (κ2) is 8.25. The number of amides is 2. The van der Waals surface area contributed by atoms with Crippen molar-refractivity contribution in [3.63, 3.8) is 0 Å². The summed E-state index contributed by atoms with van der Waals surface area (Å²) in [5.74, 6) is -0.529. The molecule has 1 saturated heterocycles. The quantitative estimate of drug-likeness (QED) is 0.787. The summed E-state index contributed by atoms with van der Waals surface area (Å²) >= 11 is 11.6. The van der Waals surface area contributed by atoms with Gasteiger partial charge in [0.25, 0.3) is 5.91 Å². The van der Waals surface area contributed by atoms with Crippen LogP contribution in [-0.4, -0.2) is 62.4 Å². The Bertz CT molecular complexity index is 755. The van der Waals surface area contributed by atoms with Crippen LogP contribution in [0.15, 0.2) is 18.2 Å². The predicted molar refractivity (Wildman–Crippen MR) is 94.8 cm³/mol. The number of halogens is 2. The molecule has 1 fully saturated rings. The lowest BCUT2D eigenvalue weighted by Crippen LogP contribution is -2.52. The average Bonchev–Trinajstić information content (AvgIpc) is 2.55. The fourth-order valence-corrected chi connectivity index (χ4v) is 3.76. The normalized spacial score (nSPS) is 17.6. The van der Waals surface area contributed by atoms with Crippen molar-refractivity contribution in [3.05, 3.63) is 28.2 Å². The summed E-state index contributed by atoms with van der Waals surface area (Å²) in [5, 5.41) is 3.21. The number of hydrogen-bond donors (Lipinski definition) is 1. The van der Waals surface area contributed by atoms with Crippen LogP contribution >= 0.6 is 23.2 Å². The van der Waals surface area contributed by atoms with Gasteiger partial charge in [0.2, 0.25) is 5.91 Å². The summed E-state index contributed by atoms with van der Waals surface area (Å²) in [7, 11) is -3.07. The molecule has 1 heterocycles. The number of hydrogen-bond acceptors (Lipinski definition) is 5. The molecule has 0 radical (unpaired) electrons. The Morgan fingerprint density at radius 3 is 2.48 bits per heavy atom. The van der Waals surface area contributed by atoms with Crippen LogP contribution < -0.4 is 10.1 Å². The average molecular weight is 409 g/mol. The molecule has 25 heavy (non-hydrogen) atoms. The van der Waals surface area contributed by atoms with Crippen LogP contribution in [0.2, 0.25) is 10.0 Å². The first-order valence-electron chi connectivity index (χ1n) is 7.54. The molecular formula is C15H18Cl2N2O5S. The Labute approximate surface area is 156 Å². The van der Waals surface area contributed by atoms with Crippen LogP contribution in [0.1, 0.15) is 6.92 Å². The second-order valence-electron chi connectivity index (χ2n) is 5.63. The molecule has 1 aromatic carbocycles. The van der Waals surface area contributed by atoms with E-state index < -0.39 is 21.8 Å². The summed E-state index contributed by atoms with van der Waals surface area (Å²) in [4.78, 5) is 25.6. The maximum absolute atomic E-state index is 12.2. The predicted octanol–water partition coefficient (Wildman–Crippen LogP) is 1.13. The highest BCUT2D eigenvalue weighted by Crippen LogP contribution is 2.26. The lowest BCUT2D eigenvalue weighted by molar-refractivity contribution is -0.136. The molecule has 1 N–H and O–H groups in total. The van der Waals surface area contributed by atoms with Gasteiger partial charge >= 0.3 is 0 Å². The van der Waals surface area contributed by atoms with Crippen molar-refractivity contribution < 1.29 is 22.7 Å². The molecule has 0 bridgehead atoms. The minimum absolute atomic E-state index is 0.0557. The highest BCUT2D eigenvalue weighted by molar-refractivity contribution is 7.91. The summed E-state index contributed by atoms with van der Waals surface area (Å²) in [5.41, 5.74) is 0. The first-order valence-corrected chi connectivity index (χ1v) is 10.1. The van der Waals surface area contributed by atoms with Crippen LogP contribution in [0.5, 0.6) is 5.75 Å². The van der Waals surface area contributed by atoms with Gasteiger partial charge < -0.3 is 15.0 Å². The van der Waals surface area contributed by atoms with Gasteiger partial charge in [-0.2, -0.15) is 0 Å². The maximum Gasteiger partial charge on any atom is 0.258 e. The molecule has 2 rings (SSSR count). The number of nitrogens with zero attached hydrogens (tertiary/aromatic N) is 1. The minimum Gasteiger partial charge on any atom is -0.484 e. The third-order valence-electron chi connectivity index (χ3n) is 3.67. The zero-order valence-electron chi connectivity index (χ0n) is 13.5. The Hall–Kier alpha value is -1.51. The summed E-state index contributed by atoms with van der Waals surface area (Å²) in [6, 6.07) is 3.84. The van der Waals surface area contributed by atoms with E-state index in [-0.39, 0.29) is 37.1 Å². The summed E-state index contributed by atoms with van der Waals surface area (Å²) < 4.78 is 28.1. The van der Waals surface area contributed by atoms with Gasteiger partial charge in [-0.3, -0.25) is 9.59 Å². The van der Waals surface area contributed by atoms with E-state index >= 15 is 0 Å². The monoisotopic (exact) mass is 408 g/mol. The van der Waals surface area contributed by atoms with Gasteiger partial charge in [0.1, 0.15) is 11.8 Å². The molecule has 0 spiro atoms. The van der Waals surface area contributed by atoms with Gasteiger partial charge in [-0.1, -0.05) is 23.2 Å². The van der Waals surface area contributed by atoms with Crippen molar-refractivity contribution in [2.24, 2.45) is 0 Å². The SMILES string of the molecule is CC(NC(=O)COc1ccc(Cl)c(Cl)c1)C(=O)N1CCS(=O)(=O)CC1. The molecule has 1 atom stereocenters. The number of carbonyl (C=O) groups excluding carboxylic acids is 2. The van der Waals surface area contributed by atoms with E-state index in [1.54, 1.807) is 19.1 Å². The summed E-state index contributed by atoms with van der Waals surface area (Å²) in [6.45, 7) is 1.54. The van der Waals surface area contributed by atoms with Crippen molar-refractivity contribution in [3.8, 4) is 5.75 Å². The van der Waals surface area contributed by atoms with Crippen molar-refractivity contribution in [2.45, 2.75) is 13.0 Å². The molecule has 1 aliphatic heterocycles. The van der Waals surface area contributed by atoms with E-state index in [2.05, 4.69) is 5.32 Å². The summed E-state index contributed by atoms with van der Waals surface area (Å²) in [6.07, 6.45) is 0. The zero-order valence-corrected chi connectivity index (χ0v) is 15.8. The Morgan fingerprint density at radius 2 is 1.88 bits per heavy atom. The number of ether oxygens (including phenoxy) is 1. The van der Waals surface area contributed by atoms with Crippen LogP contribution in [-0.2, 0) is 19.4 Å². The van der Waals surface area contributed by atoms with Crippen molar-refractivity contribution in [1.29, 1.82) is 0 Å². The van der Waals surface area contributed by atoms with Crippen LogP contribution in [0, 0.1) is 0 Å². The van der Waals surface area contributed by atoms with E-state index in [1.807, 2.05) is 0 Å². The largest absolute Gasteiger partial charge is 0.484 e. The number of sulfone groups is 1. The molecule has 0 aliphatic carbocycles. The van der Waals surface area contributed by atoms with Crippen LogP contribution in [0.4, 0.5) is 0 Å².